The Morgan fingerprint density at radius 3 is 2.38 bits per heavy atom. The van der Waals surface area contributed by atoms with Gasteiger partial charge < -0.3 is 10.5 Å². The molecule has 4 N–H and O–H groups in total. The number of aryl methyl sites for hydroxylation is 2. The lowest BCUT2D eigenvalue weighted by atomic mass is 10.2. The second-order valence-corrected chi connectivity index (χ2v) is 7.97. The molecule has 1 unspecified atom stereocenters. The number of amides is 3. The Balaban J connectivity index is 2.28. The number of benzene rings is 2. The average Bonchev–Trinajstić information content (AvgIpc) is 2.63. The van der Waals surface area contributed by atoms with Gasteiger partial charge in [-0.1, -0.05) is 24.3 Å². The van der Waals surface area contributed by atoms with Crippen molar-refractivity contribution < 1.29 is 27.5 Å². The third-order valence-electron chi connectivity index (χ3n) is 3.92. The normalized spacial score (nSPS) is 12.0. The third-order valence-corrected chi connectivity index (χ3v) is 5.43. The van der Waals surface area contributed by atoms with Crippen LogP contribution in [0.2, 0.25) is 0 Å². The number of rotatable bonds is 6. The van der Waals surface area contributed by atoms with Gasteiger partial charge >= 0.3 is 12.0 Å². The highest BCUT2D eigenvalue weighted by molar-refractivity contribution is 7.92. The first-order valence-electron chi connectivity index (χ1n) is 8.51. The van der Waals surface area contributed by atoms with Crippen molar-refractivity contribution in [1.29, 1.82) is 0 Å². The van der Waals surface area contributed by atoms with Crippen molar-refractivity contribution in [1.82, 2.24) is 5.32 Å². The molecule has 29 heavy (non-hydrogen) atoms. The van der Waals surface area contributed by atoms with Crippen LogP contribution in [-0.4, -0.2) is 32.4 Å². The van der Waals surface area contributed by atoms with E-state index in [1.807, 2.05) is 0 Å². The van der Waals surface area contributed by atoms with Crippen LogP contribution >= 0.6 is 0 Å². The van der Waals surface area contributed by atoms with Gasteiger partial charge in [0.2, 0.25) is 0 Å². The summed E-state index contributed by atoms with van der Waals surface area (Å²) in [6.07, 6.45) is -1.32. The summed E-state index contributed by atoms with van der Waals surface area (Å²) in [5.41, 5.74) is 6.05. The molecule has 0 radical (unpaired) electrons. The number of nitrogens with one attached hydrogen (secondary N) is 2. The lowest BCUT2D eigenvalue weighted by molar-refractivity contribution is -0.127. The molecular weight excluding hydrogens is 398 g/mol. The molecule has 0 spiro atoms. The molecule has 0 bridgehead atoms. The Hall–Kier alpha value is -3.40. The Bertz CT molecular complexity index is 1070. The van der Waals surface area contributed by atoms with E-state index in [0.29, 0.717) is 5.56 Å². The van der Waals surface area contributed by atoms with E-state index in [0.717, 1.165) is 5.56 Å². The first-order valence-corrected chi connectivity index (χ1v) is 10.00. The number of anilines is 1. The molecule has 2 rings (SSSR count). The van der Waals surface area contributed by atoms with Gasteiger partial charge in [-0.2, -0.15) is 0 Å². The van der Waals surface area contributed by atoms with Gasteiger partial charge in [-0.15, -0.1) is 0 Å². The lowest BCUT2D eigenvalue weighted by Gasteiger charge is -2.16. The number of imide groups is 1. The molecule has 3 amide bonds. The van der Waals surface area contributed by atoms with Crippen LogP contribution < -0.4 is 15.8 Å². The number of sulfonamides is 1. The number of nitrogens with two attached hydrogens (primary N) is 1. The molecule has 1 atom stereocenters. The van der Waals surface area contributed by atoms with Crippen LogP contribution in [0, 0.1) is 13.8 Å². The number of hydrogen-bond acceptors (Lipinski definition) is 6. The van der Waals surface area contributed by atoms with Crippen molar-refractivity contribution in [2.24, 2.45) is 5.73 Å². The summed E-state index contributed by atoms with van der Waals surface area (Å²) < 4.78 is 33.0. The minimum atomic E-state index is -3.98. The molecule has 2 aromatic rings. The van der Waals surface area contributed by atoms with Gasteiger partial charge in [-0.3, -0.25) is 14.8 Å². The van der Waals surface area contributed by atoms with E-state index >= 15 is 0 Å². The minimum absolute atomic E-state index is 0.0130. The molecule has 0 saturated carbocycles. The zero-order valence-corrected chi connectivity index (χ0v) is 16.9. The molecule has 0 aliphatic carbocycles. The molecule has 154 valence electrons. The average molecular weight is 419 g/mol. The minimum Gasteiger partial charge on any atom is -0.449 e. The van der Waals surface area contributed by atoms with Crippen molar-refractivity contribution in [3.8, 4) is 0 Å². The van der Waals surface area contributed by atoms with Gasteiger partial charge in [-0.25, -0.2) is 18.0 Å². The maximum atomic E-state index is 12.8. The summed E-state index contributed by atoms with van der Waals surface area (Å²) in [7, 11) is -3.98. The smallest absolute Gasteiger partial charge is 0.341 e. The third kappa shape index (κ3) is 5.55. The van der Waals surface area contributed by atoms with E-state index < -0.39 is 34.0 Å². The largest absolute Gasteiger partial charge is 0.449 e. The van der Waals surface area contributed by atoms with Crippen LogP contribution in [0.4, 0.5) is 10.5 Å². The van der Waals surface area contributed by atoms with Crippen LogP contribution in [0.3, 0.4) is 0 Å². The van der Waals surface area contributed by atoms with Crippen LogP contribution in [0.25, 0.3) is 0 Å². The van der Waals surface area contributed by atoms with Gasteiger partial charge in [0.1, 0.15) is 0 Å². The molecular formula is C19H21N3O6S. The van der Waals surface area contributed by atoms with E-state index in [1.54, 1.807) is 37.4 Å². The predicted octanol–water partition coefficient (Wildman–Crippen LogP) is 1.84. The Kier molecular flexibility index (Phi) is 6.60. The zero-order valence-electron chi connectivity index (χ0n) is 16.1. The maximum Gasteiger partial charge on any atom is 0.341 e. The van der Waals surface area contributed by atoms with Crippen molar-refractivity contribution >= 4 is 33.6 Å². The molecule has 2 aromatic carbocycles. The number of para-hydroxylation sites is 1. The predicted molar refractivity (Wildman–Crippen MR) is 106 cm³/mol. The number of urea groups is 1. The molecule has 0 aromatic heterocycles. The van der Waals surface area contributed by atoms with Crippen molar-refractivity contribution in [3.63, 3.8) is 0 Å². The molecule has 0 fully saturated rings. The molecule has 0 saturated heterocycles. The highest BCUT2D eigenvalue weighted by atomic mass is 32.2. The van der Waals surface area contributed by atoms with Gasteiger partial charge in [0, 0.05) is 0 Å². The fraction of sp³-hybridized carbons (Fsp3) is 0.211. The zero-order chi connectivity index (χ0) is 21.8. The van der Waals surface area contributed by atoms with E-state index in [2.05, 4.69) is 4.72 Å². The standard InChI is InChI=1S/C19H21N3O6S/c1-11-8-9-12(2)16(10-11)29(26,27)22-15-7-5-4-6-14(15)18(24)28-13(3)17(23)21-19(20)25/h4-10,13,22H,1-3H3,(H3,20,21,23,25). The number of hydrogen-bond donors (Lipinski definition) is 3. The second-order valence-electron chi connectivity index (χ2n) is 6.32. The SMILES string of the molecule is Cc1ccc(C)c(S(=O)(=O)Nc2ccccc2C(=O)OC(C)C(=O)NC(N)=O)c1. The fourth-order valence-corrected chi connectivity index (χ4v) is 3.86. The maximum absolute atomic E-state index is 12.8. The number of ether oxygens (including phenoxy) is 1. The van der Waals surface area contributed by atoms with Gasteiger partial charge in [0.25, 0.3) is 15.9 Å². The first-order chi connectivity index (χ1) is 13.5. The summed E-state index contributed by atoms with van der Waals surface area (Å²) in [4.78, 5) is 35.0. The Labute approximate surface area is 168 Å². The van der Waals surface area contributed by atoms with Gasteiger partial charge in [-0.05, 0) is 50.1 Å². The quantitative estimate of drug-likeness (QED) is 0.609. The number of carbonyl (C=O) groups excluding carboxylic acids is 3. The van der Waals surface area contributed by atoms with Gasteiger partial charge in [0.05, 0.1) is 16.1 Å². The molecule has 0 heterocycles. The summed E-state index contributed by atoms with van der Waals surface area (Å²) in [5.74, 6) is -1.85. The van der Waals surface area contributed by atoms with Gasteiger partial charge in [0.15, 0.2) is 6.10 Å². The summed E-state index contributed by atoms with van der Waals surface area (Å²) >= 11 is 0. The number of primary amides is 1. The van der Waals surface area contributed by atoms with E-state index in [9.17, 15) is 22.8 Å². The topological polar surface area (TPSA) is 145 Å². The fourth-order valence-electron chi connectivity index (χ4n) is 2.45. The van der Waals surface area contributed by atoms with Crippen molar-refractivity contribution in [2.45, 2.75) is 31.8 Å². The summed E-state index contributed by atoms with van der Waals surface area (Å²) in [5, 5.41) is 1.80. The second kappa shape index (κ2) is 8.74. The molecule has 0 aliphatic rings. The van der Waals surface area contributed by atoms with Crippen molar-refractivity contribution in [2.75, 3.05) is 4.72 Å². The van der Waals surface area contributed by atoms with E-state index in [1.165, 1.54) is 31.2 Å². The van der Waals surface area contributed by atoms with E-state index in [-0.39, 0.29) is 16.1 Å². The van der Waals surface area contributed by atoms with Crippen molar-refractivity contribution in [3.05, 3.63) is 59.2 Å². The highest BCUT2D eigenvalue weighted by Gasteiger charge is 2.24. The van der Waals surface area contributed by atoms with Crippen LogP contribution in [-0.2, 0) is 19.6 Å². The Morgan fingerprint density at radius 1 is 1.07 bits per heavy atom. The monoisotopic (exact) mass is 419 g/mol. The highest BCUT2D eigenvalue weighted by Crippen LogP contribution is 2.24. The number of carbonyl (C=O) groups is 3. The van der Waals surface area contributed by atoms with E-state index in [4.69, 9.17) is 10.5 Å². The first kappa shape index (κ1) is 21.9. The molecule has 9 nitrogen and oxygen atoms in total. The number of esters is 1. The molecule has 10 heteroatoms. The van der Waals surface area contributed by atoms with Crippen LogP contribution in [0.15, 0.2) is 47.4 Å². The van der Waals surface area contributed by atoms with Crippen LogP contribution in [0.1, 0.15) is 28.4 Å². The Morgan fingerprint density at radius 2 is 1.72 bits per heavy atom. The molecule has 0 aliphatic heterocycles. The summed E-state index contributed by atoms with van der Waals surface area (Å²) in [6, 6.07) is 9.71. The van der Waals surface area contributed by atoms with Crippen LogP contribution in [0.5, 0.6) is 0 Å². The summed E-state index contributed by atoms with van der Waals surface area (Å²) in [6.45, 7) is 4.68. The lowest BCUT2D eigenvalue weighted by Crippen LogP contribution is -2.42.